The number of rotatable bonds is 0. The number of anilines is 2. The number of aromatic nitrogens is 3. The molecule has 0 radical (unpaired) electrons. The second-order valence-electron chi connectivity index (χ2n) is 8.30. The molecule has 1 atom stereocenters. The Morgan fingerprint density at radius 1 is 1.22 bits per heavy atom. The van der Waals surface area contributed by atoms with Gasteiger partial charge in [-0.3, -0.25) is 9.48 Å². The summed E-state index contributed by atoms with van der Waals surface area (Å²) in [6.45, 7) is 1.41. The van der Waals surface area contributed by atoms with E-state index in [1.54, 1.807) is 35.9 Å². The number of halogens is 1. The van der Waals surface area contributed by atoms with Gasteiger partial charge in [0, 0.05) is 49.7 Å². The zero-order valence-corrected chi connectivity index (χ0v) is 18.1. The molecule has 2 N–H and O–H groups in total. The molecule has 1 aromatic carbocycles. The van der Waals surface area contributed by atoms with Crippen LogP contribution in [0.1, 0.15) is 34.9 Å². The third kappa shape index (κ3) is 3.43. The number of hydrogen-bond donors (Lipinski definition) is 1. The van der Waals surface area contributed by atoms with E-state index >= 15 is 0 Å². The summed E-state index contributed by atoms with van der Waals surface area (Å²) in [5, 5.41) is 4.41. The number of carbonyl (C=O) groups is 1. The summed E-state index contributed by atoms with van der Waals surface area (Å²) >= 11 is 0. The van der Waals surface area contributed by atoms with Crippen molar-refractivity contribution < 1.29 is 13.9 Å². The monoisotopic (exact) mass is 436 g/mol. The summed E-state index contributed by atoms with van der Waals surface area (Å²) < 4.78 is 21.9. The van der Waals surface area contributed by atoms with Gasteiger partial charge in [0.05, 0.1) is 18.3 Å². The van der Waals surface area contributed by atoms with Crippen LogP contribution in [0.3, 0.4) is 0 Å². The molecule has 8 nitrogen and oxygen atoms in total. The van der Waals surface area contributed by atoms with Crippen molar-refractivity contribution in [3.05, 3.63) is 53.7 Å². The number of pyridine rings is 1. The van der Waals surface area contributed by atoms with Gasteiger partial charge < -0.3 is 20.3 Å². The van der Waals surface area contributed by atoms with Crippen LogP contribution in [0.4, 0.5) is 15.9 Å². The van der Waals surface area contributed by atoms with Gasteiger partial charge >= 0.3 is 0 Å². The SMILES string of the molecule is CN1CCOc2ccc(F)cc2[C@H]2CCCN2c2cc(cnc2N)-c2cn(C)nc2C1=O. The molecule has 1 amide bonds. The van der Waals surface area contributed by atoms with Gasteiger partial charge in [-0.2, -0.15) is 5.10 Å². The number of nitrogens with zero attached hydrogens (tertiary/aromatic N) is 5. The third-order valence-corrected chi connectivity index (χ3v) is 6.16. The molecule has 0 saturated carbocycles. The maximum absolute atomic E-state index is 14.2. The standard InChI is InChI=1S/C23H25FN6O2/c1-28-8-9-32-20-6-5-15(24)11-16(20)18-4-3-7-30(18)19-10-14(12-26-22(19)25)17-13-29(2)27-21(17)23(28)31/h5-6,10-13,18H,3-4,7-9H2,1-2H3,(H2,25,26)/t18-/m1/s1. The van der Waals surface area contributed by atoms with Gasteiger partial charge in [-0.05, 0) is 37.1 Å². The van der Waals surface area contributed by atoms with E-state index in [4.69, 9.17) is 10.5 Å². The van der Waals surface area contributed by atoms with Crippen LogP contribution in [0.2, 0.25) is 0 Å². The molecular formula is C23H25FN6O2. The smallest absolute Gasteiger partial charge is 0.274 e. The minimum atomic E-state index is -0.313. The predicted molar refractivity (Wildman–Crippen MR) is 119 cm³/mol. The fraction of sp³-hybridized carbons (Fsp3) is 0.348. The highest BCUT2D eigenvalue weighted by molar-refractivity contribution is 5.99. The molecule has 2 aliphatic heterocycles. The first kappa shape index (κ1) is 20.3. The highest BCUT2D eigenvalue weighted by atomic mass is 19.1. The minimum absolute atomic E-state index is 0.0873. The first-order valence-electron chi connectivity index (χ1n) is 10.7. The number of aryl methyl sites for hydroxylation is 1. The van der Waals surface area contributed by atoms with Crippen LogP contribution >= 0.6 is 0 Å². The van der Waals surface area contributed by atoms with E-state index < -0.39 is 0 Å². The second-order valence-corrected chi connectivity index (χ2v) is 8.30. The maximum atomic E-state index is 14.2. The number of fused-ring (bicyclic) bond motifs is 8. The predicted octanol–water partition coefficient (Wildman–Crippen LogP) is 3.01. The van der Waals surface area contributed by atoms with Crippen molar-refractivity contribution >= 4 is 17.4 Å². The van der Waals surface area contributed by atoms with Gasteiger partial charge in [-0.15, -0.1) is 0 Å². The number of nitrogen functional groups attached to an aromatic ring is 1. The molecule has 4 heterocycles. The Morgan fingerprint density at radius 2 is 2.06 bits per heavy atom. The average Bonchev–Trinajstić information content (AvgIpc) is 3.40. The number of nitrogens with two attached hydrogens (primary N) is 1. The fourth-order valence-corrected chi connectivity index (χ4v) is 4.56. The maximum Gasteiger partial charge on any atom is 0.274 e. The summed E-state index contributed by atoms with van der Waals surface area (Å²) in [6.07, 6.45) is 5.26. The Balaban J connectivity index is 1.70. The van der Waals surface area contributed by atoms with Crippen molar-refractivity contribution in [3.8, 4) is 16.9 Å². The van der Waals surface area contributed by atoms with Crippen LogP contribution < -0.4 is 15.4 Å². The quantitative estimate of drug-likeness (QED) is 0.583. The van der Waals surface area contributed by atoms with Crippen molar-refractivity contribution in [2.24, 2.45) is 7.05 Å². The summed E-state index contributed by atoms with van der Waals surface area (Å²) in [5.41, 5.74) is 9.64. The second kappa shape index (κ2) is 7.81. The lowest BCUT2D eigenvalue weighted by Gasteiger charge is -2.30. The lowest BCUT2D eigenvalue weighted by molar-refractivity contribution is 0.0767. The van der Waals surface area contributed by atoms with E-state index in [-0.39, 0.29) is 24.4 Å². The first-order chi connectivity index (χ1) is 15.4. The van der Waals surface area contributed by atoms with E-state index in [0.717, 1.165) is 36.2 Å². The lowest BCUT2D eigenvalue weighted by Crippen LogP contribution is -2.32. The normalized spacial score (nSPS) is 18.5. The molecule has 2 bridgehead atoms. The van der Waals surface area contributed by atoms with Gasteiger partial charge in [0.25, 0.3) is 5.91 Å². The van der Waals surface area contributed by atoms with Gasteiger partial charge in [0.2, 0.25) is 0 Å². The van der Waals surface area contributed by atoms with E-state index in [1.165, 1.54) is 12.1 Å². The Hall–Kier alpha value is -3.62. The molecule has 2 aromatic heterocycles. The number of carbonyl (C=O) groups excluding carboxylic acids is 1. The Labute approximate surface area is 185 Å². The number of ether oxygens (including phenoxy) is 1. The number of benzene rings is 1. The summed E-state index contributed by atoms with van der Waals surface area (Å²) in [6, 6.07) is 6.44. The van der Waals surface area contributed by atoms with Crippen LogP contribution in [0.5, 0.6) is 5.75 Å². The van der Waals surface area contributed by atoms with Crippen LogP contribution in [-0.4, -0.2) is 52.3 Å². The number of amides is 1. The van der Waals surface area contributed by atoms with Gasteiger partial charge in [-0.1, -0.05) is 0 Å². The van der Waals surface area contributed by atoms with Crippen molar-refractivity contribution in [1.82, 2.24) is 19.7 Å². The lowest BCUT2D eigenvalue weighted by atomic mass is 10.0. The molecule has 1 saturated heterocycles. The Morgan fingerprint density at radius 3 is 2.91 bits per heavy atom. The molecule has 5 rings (SSSR count). The summed E-state index contributed by atoms with van der Waals surface area (Å²) in [4.78, 5) is 21.3. The Kier molecular flexibility index (Phi) is 4.96. The molecule has 0 unspecified atom stereocenters. The summed E-state index contributed by atoms with van der Waals surface area (Å²) in [5.74, 6) is 0.480. The molecule has 2 aliphatic rings. The van der Waals surface area contributed by atoms with Crippen molar-refractivity contribution in [3.63, 3.8) is 0 Å². The van der Waals surface area contributed by atoms with E-state index in [0.29, 0.717) is 29.4 Å². The fourth-order valence-electron chi connectivity index (χ4n) is 4.56. The molecule has 32 heavy (non-hydrogen) atoms. The van der Waals surface area contributed by atoms with Gasteiger partial charge in [-0.25, -0.2) is 9.37 Å². The van der Waals surface area contributed by atoms with E-state index in [1.807, 2.05) is 12.3 Å². The molecule has 3 aromatic rings. The molecule has 9 heteroatoms. The largest absolute Gasteiger partial charge is 0.491 e. The van der Waals surface area contributed by atoms with E-state index in [9.17, 15) is 9.18 Å². The average molecular weight is 436 g/mol. The zero-order chi connectivity index (χ0) is 22.4. The number of hydrogen-bond acceptors (Lipinski definition) is 6. The van der Waals surface area contributed by atoms with Crippen LogP contribution in [-0.2, 0) is 7.05 Å². The van der Waals surface area contributed by atoms with Gasteiger partial charge in [0.15, 0.2) is 5.69 Å². The van der Waals surface area contributed by atoms with Gasteiger partial charge in [0.1, 0.15) is 24.0 Å². The van der Waals surface area contributed by atoms with Crippen molar-refractivity contribution in [2.45, 2.75) is 18.9 Å². The first-order valence-corrected chi connectivity index (χ1v) is 10.7. The molecule has 0 spiro atoms. The Bertz CT molecular complexity index is 1190. The molecule has 0 aliphatic carbocycles. The molecule has 1 fully saturated rings. The topological polar surface area (TPSA) is 89.5 Å². The molecular weight excluding hydrogens is 411 g/mol. The molecule has 166 valence electrons. The summed E-state index contributed by atoms with van der Waals surface area (Å²) in [7, 11) is 3.50. The number of likely N-dealkylation sites (N-methyl/N-ethyl adjacent to an activating group) is 1. The minimum Gasteiger partial charge on any atom is -0.491 e. The highest BCUT2D eigenvalue weighted by Crippen LogP contribution is 2.43. The van der Waals surface area contributed by atoms with Crippen molar-refractivity contribution in [1.29, 1.82) is 0 Å². The zero-order valence-electron chi connectivity index (χ0n) is 18.1. The van der Waals surface area contributed by atoms with Crippen LogP contribution in [0.25, 0.3) is 11.1 Å². The van der Waals surface area contributed by atoms with E-state index in [2.05, 4.69) is 15.0 Å². The third-order valence-electron chi connectivity index (χ3n) is 6.16. The van der Waals surface area contributed by atoms with Crippen molar-refractivity contribution in [2.75, 3.05) is 37.4 Å². The highest BCUT2D eigenvalue weighted by Gasteiger charge is 2.32. The van der Waals surface area contributed by atoms with Crippen LogP contribution in [0.15, 0.2) is 36.7 Å². The van der Waals surface area contributed by atoms with Crippen LogP contribution in [0, 0.1) is 5.82 Å².